The van der Waals surface area contributed by atoms with Crippen molar-refractivity contribution in [1.29, 1.82) is 0 Å². The van der Waals surface area contributed by atoms with Gasteiger partial charge in [-0.3, -0.25) is 23.4 Å². The van der Waals surface area contributed by atoms with Crippen molar-refractivity contribution in [3.8, 4) is 0 Å². The first kappa shape index (κ1) is 159. The monoisotopic (exact) mass is 2380 g/mol. The molecular weight excluding hydrogens is 2190 g/mol. The van der Waals surface area contributed by atoms with E-state index in [0.29, 0.717) is 32.1 Å². The molecule has 906 valence electrons. The van der Waals surface area contributed by atoms with Crippen molar-refractivity contribution >= 4 is 88.3 Å². The second-order valence-electron chi connectivity index (χ2n) is 41.3. The third-order valence-electron chi connectivity index (χ3n) is 33.9. The Balaban J connectivity index is -0.000000494. The van der Waals surface area contributed by atoms with Gasteiger partial charge in [-0.2, -0.15) is 0 Å². The Bertz CT molecular complexity index is 4700. The highest BCUT2D eigenvalue weighted by molar-refractivity contribution is 7.48. The molecule has 12 saturated carbocycles. The van der Waals surface area contributed by atoms with Gasteiger partial charge in [0.15, 0.2) is 0 Å². The van der Waals surface area contributed by atoms with E-state index in [1.54, 1.807) is 55.4 Å². The Labute approximate surface area is 884 Å². The van der Waals surface area contributed by atoms with E-state index >= 15 is 22.0 Å². The molecule has 12 fully saturated rings. The van der Waals surface area contributed by atoms with Crippen LogP contribution in [0.25, 0.3) is 0 Å². The number of halogens is 6. The van der Waals surface area contributed by atoms with Gasteiger partial charge in [-0.05, 0) is 207 Å². The first-order valence-corrected chi connectivity index (χ1v) is 58.0. The molecule has 60 heteroatoms. The number of phosphoric ester groups is 9. The summed E-state index contributed by atoms with van der Waals surface area (Å²) in [6.07, 6.45) is -5.79. The summed E-state index contributed by atoms with van der Waals surface area (Å²) in [5.41, 5.74) is -5.93. The third kappa shape index (κ3) is 36.9. The van der Waals surface area contributed by atoms with Crippen LogP contribution in [0.4, 0.5) is 26.3 Å². The predicted molar refractivity (Wildman–Crippen MR) is 546 cm³/mol. The van der Waals surface area contributed by atoms with Crippen LogP contribution in [0.1, 0.15) is 347 Å². The zero-order valence-electron chi connectivity index (χ0n) is 75.3. The van der Waals surface area contributed by atoms with Gasteiger partial charge in [0.25, 0.3) is 0 Å². The molecule has 0 aromatic heterocycles. The van der Waals surface area contributed by atoms with Crippen molar-refractivity contribution in [2.24, 2.45) is 139 Å². The Morgan fingerprint density at radius 3 is 0.867 bits per heavy atom. The quantitative estimate of drug-likeness (QED) is 0.00954. The molecule has 0 amide bonds. The van der Waals surface area contributed by atoms with Gasteiger partial charge in [0.2, 0.25) is 55.5 Å². The van der Waals surface area contributed by atoms with Crippen LogP contribution in [-0.2, 0) is 110 Å². The van der Waals surface area contributed by atoms with Crippen LogP contribution in [0.2, 0.25) is 0 Å². The number of ether oxygens (including phenoxy) is 3. The number of fused-ring (bicyclic) bond motifs is 15. The molecule has 12 aliphatic carbocycles. The maximum absolute atomic E-state index is 17.2. The summed E-state index contributed by atoms with van der Waals surface area (Å²) in [5, 5.41) is 33.3. The van der Waals surface area contributed by atoms with E-state index in [-0.39, 0.29) is 231 Å². The number of alkyl halides is 6. The maximum atomic E-state index is 17.2. The molecule has 45 nitrogen and oxygen atoms in total. The number of hydrogen-bond donors (Lipinski definition) is 21. The Morgan fingerprint density at radius 1 is 0.313 bits per heavy atom. The molecule has 0 radical (unpaired) electrons. The smallest absolute Gasteiger partial charge is 0.438 e. The Kier molecular flexibility index (Phi) is 59.4. The molecule has 0 heterocycles. The van der Waals surface area contributed by atoms with Gasteiger partial charge in [-0.15, -0.1) is 0 Å². The fourth-order valence-electron chi connectivity index (χ4n) is 28.3. The SMILES string of the molecule is C.C.C.C.C.C.C.C.C.C.C.C.C.C.C.CC(CCC(=O)OCOP(=O)(O)O)C1CCC2C3C(CC(O)C12C)C1(C)CCC(F)(OP(=O)(O)O)CC1CC3(F)OP(=O)(O)O.CC(CCC(=O)OCOP(=O)(O)O)C1CCC2C3C(CC(OP(=O)(O)O)C12C)C1(C)CCC(F)(OP(=O)(O)O)CC1CC3(O)F.CC(CCC(=O)OCOP(=O)(O)O)C1CCC2C3C(CC(OP(=O)(O)O)C12C)C1(C)CCC(O)(F)CC1CC3(F)OP(=O)(O)O. The lowest BCUT2D eigenvalue weighted by atomic mass is 9.42. The maximum Gasteiger partial charge on any atom is 0.472 e. The number of carbonyl (C=O) groups is 3. The van der Waals surface area contributed by atoms with Crippen LogP contribution < -0.4 is 0 Å². The normalized spacial score (nSPS) is 38.5. The standard InChI is InChI=1S/3C25H43F2O15P3.15CH4/c1-14(4-7-20(28)39-13-40-43(30,31)32)16-5-6-17-21-18(10-19(23(16,17)3)41-44(33,34)35)22(2)8-9-24(26,42-45(36,37)38)11-15(22)12-25(21,27)29;1-14(4-7-20(28)39-13-40-43(30,31)32)16-5-6-17-21-18(10-19(23(16,17)3)41-44(33,34)35)22(2)8-9-24(26,29)11-15(22)12-25(21,27)42-45(36,37)38;1-14(4-7-20(29)39-13-40-43(30,31)32)16-5-6-17-21-18(10-19(28)23(16,17)3)22(2)8-9-24(26,41-44(33,34)35)11-15(22)12-25(21,27)42-45(36,37)38;;;;;;;;;;;;;;;/h2*14-19,21,29H,4-13H2,1-3H3,(H2,30,31,32)(H2,33,34,35)(H2,36,37,38);14-19,21,28H,4-13H2,1-3H3,(H2,30,31,32)(H2,33,34,35)(H2,36,37,38);15*1H4. The lowest BCUT2D eigenvalue weighted by Gasteiger charge is -2.65. The number of phosphoric acid groups is 9. The molecular formula is C90H189F6O45P9. The summed E-state index contributed by atoms with van der Waals surface area (Å²) >= 11 is 0. The topological polar surface area (TPSA) is 740 Å². The summed E-state index contributed by atoms with van der Waals surface area (Å²) in [6.45, 7) is 13.1. The Morgan fingerprint density at radius 2 is 0.573 bits per heavy atom. The summed E-state index contributed by atoms with van der Waals surface area (Å²) in [7, 11) is -46.1. The van der Waals surface area contributed by atoms with E-state index in [1.807, 2.05) is 6.92 Å². The van der Waals surface area contributed by atoms with Crippen LogP contribution in [0.15, 0.2) is 0 Å². The largest absolute Gasteiger partial charge is 0.472 e. The van der Waals surface area contributed by atoms with Crippen molar-refractivity contribution in [2.45, 2.75) is 401 Å². The van der Waals surface area contributed by atoms with Gasteiger partial charge in [-0.25, -0.2) is 99.1 Å². The van der Waals surface area contributed by atoms with Gasteiger partial charge in [-0.1, -0.05) is 174 Å². The van der Waals surface area contributed by atoms with Gasteiger partial charge in [0, 0.05) is 106 Å². The molecule has 0 spiro atoms. The number of rotatable bonds is 33. The predicted octanol–water partition coefficient (Wildman–Crippen LogP) is 20.9. The van der Waals surface area contributed by atoms with Crippen LogP contribution in [0.5, 0.6) is 0 Å². The van der Waals surface area contributed by atoms with Crippen molar-refractivity contribution in [3.63, 3.8) is 0 Å². The summed E-state index contributed by atoms with van der Waals surface area (Å²) in [5.74, 6) is -31.9. The molecule has 33 atom stereocenters. The number of aliphatic hydroxyl groups is 3. The van der Waals surface area contributed by atoms with E-state index in [1.165, 1.54) is 0 Å². The van der Waals surface area contributed by atoms with Crippen LogP contribution in [0, 0.1) is 139 Å². The minimum absolute atomic E-state index is 0. The molecule has 21 N–H and O–H groups in total. The van der Waals surface area contributed by atoms with E-state index < -0.39 is 323 Å². The molecule has 0 saturated heterocycles. The van der Waals surface area contributed by atoms with Gasteiger partial charge in [0.05, 0.1) is 18.3 Å². The number of carbonyl (C=O) groups excluding carboxylic acids is 3. The first-order valence-electron chi connectivity index (χ1n) is 44.3. The molecule has 12 rings (SSSR count). The molecule has 12 aliphatic rings. The molecule has 150 heavy (non-hydrogen) atoms. The van der Waals surface area contributed by atoms with E-state index in [0.717, 1.165) is 0 Å². The van der Waals surface area contributed by atoms with Crippen LogP contribution in [0.3, 0.4) is 0 Å². The average molecular weight is 2380 g/mol. The van der Waals surface area contributed by atoms with Crippen molar-refractivity contribution in [2.75, 3.05) is 20.4 Å². The van der Waals surface area contributed by atoms with Crippen molar-refractivity contribution in [3.05, 3.63) is 0 Å². The van der Waals surface area contributed by atoms with Gasteiger partial charge in [0.1, 0.15) is 0 Å². The summed E-state index contributed by atoms with van der Waals surface area (Å²) in [6, 6.07) is 0. The van der Waals surface area contributed by atoms with E-state index in [2.05, 4.69) is 22.6 Å². The van der Waals surface area contributed by atoms with Crippen LogP contribution in [-0.4, -0.2) is 195 Å². The van der Waals surface area contributed by atoms with Crippen molar-refractivity contribution < 1.29 is 240 Å². The lowest BCUT2D eigenvalue weighted by molar-refractivity contribution is -0.294. The summed E-state index contributed by atoms with van der Waals surface area (Å²) < 4.78 is 257. The second-order valence-corrected chi connectivity index (χ2v) is 52.1. The number of hydrogen-bond acceptors (Lipinski definition) is 27. The minimum atomic E-state index is -5.45. The highest BCUT2D eigenvalue weighted by Crippen LogP contribution is 2.79. The highest BCUT2D eigenvalue weighted by Gasteiger charge is 2.77. The second kappa shape index (κ2) is 55.9. The Hall–Kier alpha value is -1.14. The number of aliphatic hydroxyl groups excluding tert-OH is 1. The number of esters is 3. The fourth-order valence-corrected chi connectivity index (χ4v) is 32.5. The highest BCUT2D eigenvalue weighted by atomic mass is 31.2. The average Bonchev–Trinajstić information content (AvgIpc) is 1.42. The van der Waals surface area contributed by atoms with Crippen molar-refractivity contribution in [1.82, 2.24) is 0 Å². The lowest BCUT2D eigenvalue weighted by Crippen LogP contribution is -2.66. The molecule has 33 unspecified atom stereocenters. The molecule has 0 aliphatic heterocycles. The fraction of sp³-hybridized carbons (Fsp3) is 0.967. The minimum Gasteiger partial charge on any atom is -0.438 e. The van der Waals surface area contributed by atoms with Gasteiger partial charge >= 0.3 is 88.3 Å². The molecule has 0 bridgehead atoms. The third-order valence-corrected chi connectivity index (χ3v) is 38.5. The van der Waals surface area contributed by atoms with Gasteiger partial charge < -0.3 is 118 Å². The first-order chi connectivity index (χ1) is 60.9. The zero-order valence-corrected chi connectivity index (χ0v) is 83.4. The molecule has 0 aromatic carbocycles. The zero-order chi connectivity index (χ0) is 102. The van der Waals surface area contributed by atoms with E-state index in [9.17, 15) is 134 Å². The molecule has 0 aromatic rings. The van der Waals surface area contributed by atoms with Crippen LogP contribution >= 0.6 is 70.4 Å². The van der Waals surface area contributed by atoms with E-state index in [4.69, 9.17) is 61.7 Å². The summed E-state index contributed by atoms with van der Waals surface area (Å²) in [4.78, 5) is 205.